The first kappa shape index (κ1) is 26.1. The molecule has 0 saturated carbocycles. The maximum Gasteiger partial charge on any atom is 0.341 e. The Kier molecular flexibility index (Phi) is 8.45. The Hall–Kier alpha value is -3.56. The summed E-state index contributed by atoms with van der Waals surface area (Å²) in [5, 5.41) is 12.9. The second kappa shape index (κ2) is 12.3. The molecule has 2 aromatic heterocycles. The number of anilines is 1. The summed E-state index contributed by atoms with van der Waals surface area (Å²) in [6.07, 6.45) is 4.17. The molecule has 0 atom stereocenters. The summed E-state index contributed by atoms with van der Waals surface area (Å²) in [7, 11) is 0. The number of ether oxygens (including phenoxy) is 1. The van der Waals surface area contributed by atoms with Gasteiger partial charge >= 0.3 is 5.97 Å². The van der Waals surface area contributed by atoms with Crippen molar-refractivity contribution in [2.24, 2.45) is 0 Å². The third kappa shape index (κ3) is 5.95. The number of esters is 1. The molecular formula is C29H28N4O3S2. The van der Waals surface area contributed by atoms with Gasteiger partial charge in [-0.1, -0.05) is 72.4 Å². The van der Waals surface area contributed by atoms with Crippen LogP contribution < -0.4 is 5.32 Å². The van der Waals surface area contributed by atoms with Crippen LogP contribution in [0.3, 0.4) is 0 Å². The summed E-state index contributed by atoms with van der Waals surface area (Å²) in [5.74, 6) is -0.0338. The molecule has 4 aromatic rings. The van der Waals surface area contributed by atoms with Crippen molar-refractivity contribution in [1.82, 2.24) is 15.2 Å². The van der Waals surface area contributed by atoms with Crippen molar-refractivity contribution < 1.29 is 14.3 Å². The second-order valence-corrected chi connectivity index (χ2v) is 11.0. The van der Waals surface area contributed by atoms with Crippen LogP contribution >= 0.6 is 23.1 Å². The minimum absolute atomic E-state index is 0.154. The molecular weight excluding hydrogens is 516 g/mol. The largest absolute Gasteiger partial charge is 0.462 e. The number of nitrogens with one attached hydrogen (secondary N) is 1. The van der Waals surface area contributed by atoms with Gasteiger partial charge < -0.3 is 10.1 Å². The van der Waals surface area contributed by atoms with E-state index in [-0.39, 0.29) is 18.3 Å². The molecule has 0 bridgehead atoms. The molecule has 7 nitrogen and oxygen atoms in total. The molecule has 1 aliphatic rings. The summed E-state index contributed by atoms with van der Waals surface area (Å²) in [6.45, 7) is 2.09. The number of aromatic nitrogens is 3. The highest BCUT2D eigenvalue weighted by Crippen LogP contribution is 2.39. The van der Waals surface area contributed by atoms with E-state index >= 15 is 0 Å². The summed E-state index contributed by atoms with van der Waals surface area (Å²) in [4.78, 5) is 31.5. The lowest BCUT2D eigenvalue weighted by molar-refractivity contribution is -0.115. The molecule has 0 unspecified atom stereocenters. The zero-order valence-electron chi connectivity index (χ0n) is 21.1. The van der Waals surface area contributed by atoms with Gasteiger partial charge in [0.1, 0.15) is 16.4 Å². The van der Waals surface area contributed by atoms with Crippen molar-refractivity contribution in [2.45, 2.75) is 44.2 Å². The zero-order valence-corrected chi connectivity index (χ0v) is 22.7. The molecule has 5 rings (SSSR count). The lowest BCUT2D eigenvalue weighted by Crippen LogP contribution is -2.16. The fourth-order valence-corrected chi connectivity index (χ4v) is 6.48. The number of fused-ring (bicyclic) bond motifs is 1. The van der Waals surface area contributed by atoms with Gasteiger partial charge in [0.05, 0.1) is 12.2 Å². The molecule has 0 spiro atoms. The van der Waals surface area contributed by atoms with Gasteiger partial charge in [-0.05, 0) is 38.2 Å². The Morgan fingerprint density at radius 3 is 2.34 bits per heavy atom. The standard InChI is InChI=1S/C29H28N4O3S2/c1-2-36-28(35)24-21-15-9-10-16-22(21)38-27(24)30-23(34)17-18-37-29-31-25(19-11-5-3-6-12-19)26(32-33-29)20-13-7-4-8-14-20/h3-8,11-14H,2,9-10,15-18H2,1H3,(H,30,34). The minimum atomic E-state index is -0.358. The van der Waals surface area contributed by atoms with E-state index in [1.165, 1.54) is 28.0 Å². The van der Waals surface area contributed by atoms with Gasteiger partial charge in [0.2, 0.25) is 11.1 Å². The van der Waals surface area contributed by atoms with Crippen LogP contribution in [0, 0.1) is 0 Å². The van der Waals surface area contributed by atoms with Crippen LogP contribution in [0.4, 0.5) is 5.00 Å². The van der Waals surface area contributed by atoms with Crippen LogP contribution in [0.5, 0.6) is 0 Å². The van der Waals surface area contributed by atoms with E-state index in [1.54, 1.807) is 6.92 Å². The smallest absolute Gasteiger partial charge is 0.341 e. The first-order valence-electron chi connectivity index (χ1n) is 12.7. The van der Waals surface area contributed by atoms with E-state index in [4.69, 9.17) is 9.72 Å². The highest BCUT2D eigenvalue weighted by molar-refractivity contribution is 7.99. The number of aryl methyl sites for hydroxylation is 1. The number of carbonyl (C=O) groups excluding carboxylic acids is 2. The fraction of sp³-hybridized carbons (Fsp3) is 0.276. The third-order valence-electron chi connectivity index (χ3n) is 6.23. The van der Waals surface area contributed by atoms with Crippen LogP contribution in [0.1, 0.15) is 47.0 Å². The predicted molar refractivity (Wildman–Crippen MR) is 152 cm³/mol. The number of thioether (sulfide) groups is 1. The maximum atomic E-state index is 12.8. The van der Waals surface area contributed by atoms with Crippen LogP contribution in [-0.4, -0.2) is 39.4 Å². The molecule has 0 saturated heterocycles. The van der Waals surface area contributed by atoms with E-state index < -0.39 is 0 Å². The van der Waals surface area contributed by atoms with Crippen LogP contribution in [0.2, 0.25) is 0 Å². The highest BCUT2D eigenvalue weighted by Gasteiger charge is 2.27. The molecule has 2 heterocycles. The Bertz CT molecular complexity index is 1420. The molecule has 0 aliphatic heterocycles. The van der Waals surface area contributed by atoms with Gasteiger partial charge in [0.15, 0.2) is 0 Å². The van der Waals surface area contributed by atoms with Crippen molar-refractivity contribution in [3.63, 3.8) is 0 Å². The maximum absolute atomic E-state index is 12.8. The van der Waals surface area contributed by atoms with E-state index in [0.717, 1.165) is 48.1 Å². The number of rotatable bonds is 9. The van der Waals surface area contributed by atoms with E-state index in [9.17, 15) is 9.59 Å². The van der Waals surface area contributed by atoms with Gasteiger partial charge in [-0.2, -0.15) is 0 Å². The number of thiophene rings is 1. The second-order valence-electron chi connectivity index (χ2n) is 8.81. The number of carbonyl (C=O) groups is 2. The molecule has 1 amide bonds. The number of benzene rings is 2. The summed E-state index contributed by atoms with van der Waals surface area (Å²) >= 11 is 2.88. The van der Waals surface area contributed by atoms with Crippen molar-refractivity contribution in [3.05, 3.63) is 76.7 Å². The molecule has 9 heteroatoms. The molecule has 194 valence electrons. The number of hydrogen-bond acceptors (Lipinski definition) is 8. The number of amides is 1. The van der Waals surface area contributed by atoms with Gasteiger partial charge in [-0.3, -0.25) is 4.79 Å². The topological polar surface area (TPSA) is 94.1 Å². The summed E-state index contributed by atoms with van der Waals surface area (Å²) < 4.78 is 5.29. The van der Waals surface area contributed by atoms with E-state index in [1.807, 2.05) is 60.7 Å². The van der Waals surface area contributed by atoms with E-state index in [2.05, 4.69) is 15.5 Å². The van der Waals surface area contributed by atoms with Crippen molar-refractivity contribution in [1.29, 1.82) is 0 Å². The first-order chi connectivity index (χ1) is 18.6. The fourth-order valence-electron chi connectivity index (χ4n) is 4.46. The molecule has 38 heavy (non-hydrogen) atoms. The quantitative estimate of drug-likeness (QED) is 0.191. The van der Waals surface area contributed by atoms with Crippen molar-refractivity contribution >= 4 is 40.0 Å². The summed E-state index contributed by atoms with van der Waals surface area (Å²) in [5.41, 5.74) is 4.93. The lowest BCUT2D eigenvalue weighted by Gasteiger charge is -2.12. The molecule has 0 fully saturated rings. The minimum Gasteiger partial charge on any atom is -0.462 e. The lowest BCUT2D eigenvalue weighted by atomic mass is 9.95. The van der Waals surface area contributed by atoms with E-state index in [0.29, 0.717) is 33.8 Å². The van der Waals surface area contributed by atoms with Crippen LogP contribution in [0.25, 0.3) is 22.5 Å². The van der Waals surface area contributed by atoms with Gasteiger partial charge in [-0.25, -0.2) is 9.78 Å². The molecule has 1 N–H and O–H groups in total. The summed E-state index contributed by atoms with van der Waals surface area (Å²) in [6, 6.07) is 19.8. The Labute approximate surface area is 230 Å². The van der Waals surface area contributed by atoms with Gasteiger partial charge in [0.25, 0.3) is 0 Å². The van der Waals surface area contributed by atoms with Gasteiger partial charge in [-0.15, -0.1) is 21.5 Å². The molecule has 1 aliphatic carbocycles. The normalized spacial score (nSPS) is 12.6. The monoisotopic (exact) mass is 544 g/mol. The van der Waals surface area contributed by atoms with Crippen LogP contribution in [0.15, 0.2) is 65.8 Å². The zero-order chi connectivity index (χ0) is 26.3. The number of hydrogen-bond donors (Lipinski definition) is 1. The third-order valence-corrected chi connectivity index (χ3v) is 8.27. The SMILES string of the molecule is CCOC(=O)c1c(NC(=O)CCSc2nnc(-c3ccccc3)c(-c3ccccc3)n2)sc2c1CCCC2. The van der Waals surface area contributed by atoms with Gasteiger partial charge in [0, 0.05) is 28.2 Å². The first-order valence-corrected chi connectivity index (χ1v) is 14.5. The molecule has 2 aromatic carbocycles. The van der Waals surface area contributed by atoms with Crippen LogP contribution in [-0.2, 0) is 22.4 Å². The highest BCUT2D eigenvalue weighted by atomic mass is 32.2. The predicted octanol–water partition coefficient (Wildman–Crippen LogP) is 6.44. The molecule has 0 radical (unpaired) electrons. The van der Waals surface area contributed by atoms with Crippen molar-refractivity contribution in [3.8, 4) is 22.5 Å². The Morgan fingerprint density at radius 2 is 1.63 bits per heavy atom. The van der Waals surface area contributed by atoms with Crippen molar-refractivity contribution in [2.75, 3.05) is 17.7 Å². The Morgan fingerprint density at radius 1 is 0.947 bits per heavy atom. The average Bonchev–Trinajstić information content (AvgIpc) is 3.32. The Balaban J connectivity index is 1.28. The average molecular weight is 545 g/mol. The number of nitrogens with zero attached hydrogens (tertiary/aromatic N) is 3.